The molecule has 3 nitrogen and oxygen atoms in total. The van der Waals surface area contributed by atoms with Gasteiger partial charge in [0.05, 0.1) is 6.54 Å². The van der Waals surface area contributed by atoms with E-state index in [4.69, 9.17) is 5.11 Å². The third-order valence-corrected chi connectivity index (χ3v) is 2.48. The van der Waals surface area contributed by atoms with Crippen molar-refractivity contribution >= 4 is 5.97 Å². The molecule has 0 aliphatic heterocycles. The largest absolute Gasteiger partial charge is 0.480 e. The molecule has 0 fully saturated rings. The average molecular weight is 215 g/mol. The highest BCUT2D eigenvalue weighted by Gasteiger charge is 2.07. The van der Waals surface area contributed by atoms with E-state index in [1.54, 1.807) is 0 Å². The minimum Gasteiger partial charge on any atom is -0.480 e. The fourth-order valence-corrected chi connectivity index (χ4v) is 1.72. The highest BCUT2D eigenvalue weighted by molar-refractivity contribution is 5.69. The fourth-order valence-electron chi connectivity index (χ4n) is 1.72. The van der Waals surface area contributed by atoms with Crippen molar-refractivity contribution in [1.29, 1.82) is 0 Å². The Morgan fingerprint density at radius 2 is 1.67 bits per heavy atom. The van der Waals surface area contributed by atoms with Crippen LogP contribution in [-0.2, 0) is 4.79 Å². The number of carbonyl (C=O) groups is 1. The van der Waals surface area contributed by atoms with E-state index in [1.165, 1.54) is 25.7 Å². The standard InChI is InChI=1S/C12H25NO2/c1-3-5-6-7-8-10-13(9-4-2)11-12(14)15/h3-11H2,1-2H3,(H,14,15). The summed E-state index contributed by atoms with van der Waals surface area (Å²) in [4.78, 5) is 12.6. The Bertz CT molecular complexity index is 160. The third-order valence-electron chi connectivity index (χ3n) is 2.48. The first-order chi connectivity index (χ1) is 7.20. The molecule has 0 bridgehead atoms. The molecule has 0 saturated carbocycles. The summed E-state index contributed by atoms with van der Waals surface area (Å²) >= 11 is 0. The molecule has 0 heterocycles. The summed E-state index contributed by atoms with van der Waals surface area (Å²) in [6.07, 6.45) is 7.23. The van der Waals surface area contributed by atoms with Gasteiger partial charge in [0.15, 0.2) is 0 Å². The Labute approximate surface area is 93.5 Å². The zero-order valence-corrected chi connectivity index (χ0v) is 10.2. The van der Waals surface area contributed by atoms with Crippen molar-refractivity contribution < 1.29 is 9.90 Å². The predicted octanol–water partition coefficient (Wildman–Crippen LogP) is 2.75. The lowest BCUT2D eigenvalue weighted by Crippen LogP contribution is -2.31. The van der Waals surface area contributed by atoms with E-state index in [2.05, 4.69) is 13.8 Å². The normalized spacial score (nSPS) is 10.9. The number of carboxylic acid groups (broad SMARTS) is 1. The summed E-state index contributed by atoms with van der Waals surface area (Å²) in [5.74, 6) is -0.711. The molecule has 3 heteroatoms. The lowest BCUT2D eigenvalue weighted by molar-refractivity contribution is -0.138. The van der Waals surface area contributed by atoms with E-state index >= 15 is 0 Å². The summed E-state index contributed by atoms with van der Waals surface area (Å²) in [5.41, 5.74) is 0. The highest BCUT2D eigenvalue weighted by Crippen LogP contribution is 2.04. The van der Waals surface area contributed by atoms with Crippen LogP contribution in [0.1, 0.15) is 52.4 Å². The zero-order chi connectivity index (χ0) is 11.5. The second kappa shape index (κ2) is 9.97. The number of hydrogen-bond donors (Lipinski definition) is 1. The summed E-state index contributed by atoms with van der Waals surface area (Å²) in [6, 6.07) is 0. The SMILES string of the molecule is CCCCCCCN(CCC)CC(=O)O. The molecule has 0 rings (SSSR count). The Kier molecular flexibility index (Phi) is 9.59. The van der Waals surface area contributed by atoms with Crippen molar-refractivity contribution in [3.05, 3.63) is 0 Å². The Balaban J connectivity index is 3.52. The molecule has 0 unspecified atom stereocenters. The molecule has 0 atom stereocenters. The van der Waals surface area contributed by atoms with Crippen LogP contribution >= 0.6 is 0 Å². The lowest BCUT2D eigenvalue weighted by Gasteiger charge is -2.18. The van der Waals surface area contributed by atoms with Crippen LogP contribution in [0.3, 0.4) is 0 Å². The first-order valence-electron chi connectivity index (χ1n) is 6.14. The van der Waals surface area contributed by atoms with Gasteiger partial charge < -0.3 is 5.11 Å². The smallest absolute Gasteiger partial charge is 0.317 e. The molecule has 1 N–H and O–H groups in total. The second-order valence-electron chi connectivity index (χ2n) is 4.08. The number of rotatable bonds is 10. The molecule has 15 heavy (non-hydrogen) atoms. The van der Waals surface area contributed by atoms with Crippen molar-refractivity contribution in [2.24, 2.45) is 0 Å². The quantitative estimate of drug-likeness (QED) is 0.570. The van der Waals surface area contributed by atoms with Gasteiger partial charge in [0.2, 0.25) is 0 Å². The van der Waals surface area contributed by atoms with Gasteiger partial charge in [0.25, 0.3) is 0 Å². The Morgan fingerprint density at radius 3 is 2.20 bits per heavy atom. The van der Waals surface area contributed by atoms with E-state index in [0.29, 0.717) is 0 Å². The monoisotopic (exact) mass is 215 g/mol. The molecule has 0 aromatic carbocycles. The van der Waals surface area contributed by atoms with Crippen LogP contribution in [0.25, 0.3) is 0 Å². The first-order valence-corrected chi connectivity index (χ1v) is 6.14. The second-order valence-corrected chi connectivity index (χ2v) is 4.08. The maximum Gasteiger partial charge on any atom is 0.317 e. The van der Waals surface area contributed by atoms with E-state index in [1.807, 2.05) is 4.90 Å². The summed E-state index contributed by atoms with van der Waals surface area (Å²) in [6.45, 7) is 6.32. The molecular formula is C12H25NO2. The molecular weight excluding hydrogens is 190 g/mol. The molecule has 0 amide bonds. The molecule has 0 aromatic rings. The fraction of sp³-hybridized carbons (Fsp3) is 0.917. The number of nitrogens with zero attached hydrogens (tertiary/aromatic N) is 1. The van der Waals surface area contributed by atoms with E-state index in [0.717, 1.165) is 25.9 Å². The maximum atomic E-state index is 10.6. The zero-order valence-electron chi connectivity index (χ0n) is 10.2. The van der Waals surface area contributed by atoms with Gasteiger partial charge in [0.1, 0.15) is 0 Å². The van der Waals surface area contributed by atoms with Crippen LogP contribution in [0.4, 0.5) is 0 Å². The maximum absolute atomic E-state index is 10.6. The Hall–Kier alpha value is -0.570. The minimum absolute atomic E-state index is 0.196. The van der Waals surface area contributed by atoms with E-state index in [-0.39, 0.29) is 6.54 Å². The van der Waals surface area contributed by atoms with Crippen LogP contribution in [0, 0.1) is 0 Å². The first kappa shape index (κ1) is 14.4. The highest BCUT2D eigenvalue weighted by atomic mass is 16.4. The van der Waals surface area contributed by atoms with E-state index in [9.17, 15) is 4.79 Å². The number of hydrogen-bond acceptors (Lipinski definition) is 2. The number of unbranched alkanes of at least 4 members (excludes halogenated alkanes) is 4. The topological polar surface area (TPSA) is 40.5 Å². The van der Waals surface area contributed by atoms with Crippen molar-refractivity contribution in [2.45, 2.75) is 52.4 Å². The van der Waals surface area contributed by atoms with Crippen molar-refractivity contribution in [3.8, 4) is 0 Å². The van der Waals surface area contributed by atoms with Crippen molar-refractivity contribution in [1.82, 2.24) is 4.90 Å². The van der Waals surface area contributed by atoms with Gasteiger partial charge in [-0.3, -0.25) is 9.69 Å². The van der Waals surface area contributed by atoms with Gasteiger partial charge in [-0.05, 0) is 25.9 Å². The van der Waals surface area contributed by atoms with E-state index < -0.39 is 5.97 Å². The minimum atomic E-state index is -0.711. The van der Waals surface area contributed by atoms with Crippen molar-refractivity contribution in [2.75, 3.05) is 19.6 Å². The van der Waals surface area contributed by atoms with Gasteiger partial charge in [-0.1, -0.05) is 39.5 Å². The predicted molar refractivity (Wildman–Crippen MR) is 63.1 cm³/mol. The third kappa shape index (κ3) is 9.73. The van der Waals surface area contributed by atoms with Crippen LogP contribution in [0.2, 0.25) is 0 Å². The molecule has 0 saturated heterocycles. The van der Waals surface area contributed by atoms with Gasteiger partial charge in [0, 0.05) is 0 Å². The van der Waals surface area contributed by atoms with Crippen LogP contribution in [0.5, 0.6) is 0 Å². The van der Waals surface area contributed by atoms with Crippen LogP contribution < -0.4 is 0 Å². The summed E-state index contributed by atoms with van der Waals surface area (Å²) in [7, 11) is 0. The summed E-state index contributed by atoms with van der Waals surface area (Å²) in [5, 5.41) is 8.71. The number of aliphatic carboxylic acids is 1. The summed E-state index contributed by atoms with van der Waals surface area (Å²) < 4.78 is 0. The lowest BCUT2D eigenvalue weighted by atomic mass is 10.1. The van der Waals surface area contributed by atoms with Gasteiger partial charge >= 0.3 is 5.97 Å². The Morgan fingerprint density at radius 1 is 1.00 bits per heavy atom. The molecule has 0 aromatic heterocycles. The molecule has 0 radical (unpaired) electrons. The van der Waals surface area contributed by atoms with Gasteiger partial charge in [-0.25, -0.2) is 0 Å². The average Bonchev–Trinajstić information content (AvgIpc) is 2.17. The van der Waals surface area contributed by atoms with Gasteiger partial charge in [-0.2, -0.15) is 0 Å². The van der Waals surface area contributed by atoms with Crippen LogP contribution in [-0.4, -0.2) is 35.6 Å². The van der Waals surface area contributed by atoms with Crippen molar-refractivity contribution in [3.63, 3.8) is 0 Å². The molecule has 0 spiro atoms. The molecule has 0 aliphatic carbocycles. The molecule has 90 valence electrons. The molecule has 0 aliphatic rings. The van der Waals surface area contributed by atoms with Gasteiger partial charge in [-0.15, -0.1) is 0 Å². The number of carboxylic acids is 1. The van der Waals surface area contributed by atoms with Crippen LogP contribution in [0.15, 0.2) is 0 Å².